The van der Waals surface area contributed by atoms with Gasteiger partial charge >= 0.3 is 0 Å². The standard InChI is InChI=1S/C15H20N4/c1-2-5-12-6-3-4-7-15(12)19-14(11-17-18-19)10-16-13-8-9-13/h3-4,6-7,11,13,16H,2,5,8-10H2,1H3. The maximum atomic E-state index is 4.25. The van der Waals surface area contributed by atoms with Crippen LogP contribution in [-0.2, 0) is 13.0 Å². The van der Waals surface area contributed by atoms with Crippen molar-refractivity contribution in [1.82, 2.24) is 20.3 Å². The zero-order valence-corrected chi connectivity index (χ0v) is 11.3. The van der Waals surface area contributed by atoms with Gasteiger partial charge < -0.3 is 5.32 Å². The molecule has 1 aromatic heterocycles. The van der Waals surface area contributed by atoms with E-state index in [1.807, 2.05) is 10.9 Å². The maximum absolute atomic E-state index is 4.25. The van der Waals surface area contributed by atoms with Crippen molar-refractivity contribution >= 4 is 0 Å². The molecular formula is C15H20N4. The number of rotatable bonds is 6. The first-order chi connectivity index (χ1) is 9.38. The van der Waals surface area contributed by atoms with Crippen LogP contribution in [0.25, 0.3) is 5.69 Å². The number of aromatic nitrogens is 3. The third-order valence-electron chi connectivity index (χ3n) is 3.51. The Hall–Kier alpha value is -1.68. The summed E-state index contributed by atoms with van der Waals surface area (Å²) in [4.78, 5) is 0. The fraction of sp³-hybridized carbons (Fsp3) is 0.467. The van der Waals surface area contributed by atoms with Crippen LogP contribution in [0, 0.1) is 0 Å². The van der Waals surface area contributed by atoms with Crippen LogP contribution in [0.3, 0.4) is 0 Å². The third-order valence-corrected chi connectivity index (χ3v) is 3.51. The lowest BCUT2D eigenvalue weighted by Crippen LogP contribution is -2.18. The highest BCUT2D eigenvalue weighted by Gasteiger charge is 2.21. The molecule has 1 heterocycles. The summed E-state index contributed by atoms with van der Waals surface area (Å²) in [6.07, 6.45) is 6.67. The molecule has 0 atom stereocenters. The van der Waals surface area contributed by atoms with Crippen molar-refractivity contribution in [3.8, 4) is 5.69 Å². The molecule has 4 nitrogen and oxygen atoms in total. The molecule has 0 amide bonds. The van der Waals surface area contributed by atoms with Crippen molar-refractivity contribution in [2.75, 3.05) is 0 Å². The van der Waals surface area contributed by atoms with Crippen LogP contribution < -0.4 is 5.32 Å². The lowest BCUT2D eigenvalue weighted by Gasteiger charge is -2.11. The molecule has 1 N–H and O–H groups in total. The predicted molar refractivity (Wildman–Crippen MR) is 75.2 cm³/mol. The largest absolute Gasteiger partial charge is 0.308 e. The fourth-order valence-corrected chi connectivity index (χ4v) is 2.31. The van der Waals surface area contributed by atoms with Crippen LogP contribution in [0.2, 0.25) is 0 Å². The van der Waals surface area contributed by atoms with E-state index in [1.54, 1.807) is 0 Å². The average molecular weight is 256 g/mol. The first-order valence-corrected chi connectivity index (χ1v) is 7.09. The minimum absolute atomic E-state index is 0.703. The van der Waals surface area contributed by atoms with E-state index in [4.69, 9.17) is 0 Å². The predicted octanol–water partition coefficient (Wildman–Crippen LogP) is 2.47. The van der Waals surface area contributed by atoms with Gasteiger partial charge in [-0.2, -0.15) is 0 Å². The Balaban J connectivity index is 1.86. The van der Waals surface area contributed by atoms with E-state index in [9.17, 15) is 0 Å². The highest BCUT2D eigenvalue weighted by atomic mass is 15.4. The summed E-state index contributed by atoms with van der Waals surface area (Å²) >= 11 is 0. The van der Waals surface area contributed by atoms with Crippen LogP contribution in [0.5, 0.6) is 0 Å². The van der Waals surface area contributed by atoms with Gasteiger partial charge in [-0.05, 0) is 30.9 Å². The molecule has 100 valence electrons. The highest BCUT2D eigenvalue weighted by Crippen LogP contribution is 2.20. The van der Waals surface area contributed by atoms with Crippen molar-refractivity contribution < 1.29 is 0 Å². The molecule has 1 aromatic carbocycles. The van der Waals surface area contributed by atoms with Gasteiger partial charge in [0.05, 0.1) is 17.6 Å². The molecule has 0 aliphatic heterocycles. The first-order valence-electron chi connectivity index (χ1n) is 7.09. The molecule has 0 spiro atoms. The van der Waals surface area contributed by atoms with Crippen molar-refractivity contribution in [3.63, 3.8) is 0 Å². The lowest BCUT2D eigenvalue weighted by atomic mass is 10.1. The summed E-state index contributed by atoms with van der Waals surface area (Å²) in [7, 11) is 0. The summed E-state index contributed by atoms with van der Waals surface area (Å²) in [6, 6.07) is 9.16. The van der Waals surface area contributed by atoms with Gasteiger partial charge in [0.25, 0.3) is 0 Å². The van der Waals surface area contributed by atoms with Crippen LogP contribution in [-0.4, -0.2) is 21.0 Å². The van der Waals surface area contributed by atoms with Gasteiger partial charge in [0.2, 0.25) is 0 Å². The molecule has 0 unspecified atom stereocenters. The monoisotopic (exact) mass is 256 g/mol. The van der Waals surface area contributed by atoms with E-state index in [0.717, 1.165) is 30.8 Å². The van der Waals surface area contributed by atoms with Gasteiger partial charge in [0.1, 0.15) is 0 Å². The summed E-state index contributed by atoms with van der Waals surface area (Å²) in [5.74, 6) is 0. The van der Waals surface area contributed by atoms with Gasteiger partial charge in [0, 0.05) is 12.6 Å². The van der Waals surface area contributed by atoms with E-state index >= 15 is 0 Å². The smallest absolute Gasteiger partial charge is 0.0783 e. The van der Waals surface area contributed by atoms with Gasteiger partial charge in [-0.1, -0.05) is 36.8 Å². The van der Waals surface area contributed by atoms with Gasteiger partial charge in [-0.25, -0.2) is 4.68 Å². The second-order valence-electron chi connectivity index (χ2n) is 5.17. The molecule has 3 rings (SSSR count). The number of para-hydroxylation sites is 1. The van der Waals surface area contributed by atoms with Gasteiger partial charge in [0.15, 0.2) is 0 Å². The Morgan fingerprint density at radius 2 is 2.16 bits per heavy atom. The average Bonchev–Trinajstić information content (AvgIpc) is 3.15. The SMILES string of the molecule is CCCc1ccccc1-n1nncc1CNC1CC1. The lowest BCUT2D eigenvalue weighted by molar-refractivity contribution is 0.644. The number of hydrogen-bond donors (Lipinski definition) is 1. The van der Waals surface area contributed by atoms with Crippen LogP contribution in [0.4, 0.5) is 0 Å². The second kappa shape index (κ2) is 5.53. The number of nitrogens with one attached hydrogen (secondary N) is 1. The summed E-state index contributed by atoms with van der Waals surface area (Å²) < 4.78 is 1.97. The molecule has 0 saturated heterocycles. The minimum atomic E-state index is 0.703. The van der Waals surface area contributed by atoms with E-state index in [0.29, 0.717) is 6.04 Å². The van der Waals surface area contributed by atoms with Crippen LogP contribution in [0.15, 0.2) is 30.5 Å². The summed E-state index contributed by atoms with van der Waals surface area (Å²) in [6.45, 7) is 3.05. The third kappa shape index (κ3) is 2.84. The molecule has 1 aliphatic rings. The topological polar surface area (TPSA) is 42.7 Å². The van der Waals surface area contributed by atoms with E-state index in [1.165, 1.54) is 18.4 Å². The van der Waals surface area contributed by atoms with Crippen molar-refractivity contribution in [2.24, 2.45) is 0 Å². The number of aryl methyl sites for hydroxylation is 1. The molecule has 1 fully saturated rings. The van der Waals surface area contributed by atoms with Crippen molar-refractivity contribution in [3.05, 3.63) is 41.7 Å². The summed E-state index contributed by atoms with van der Waals surface area (Å²) in [5.41, 5.74) is 3.63. The molecule has 4 heteroatoms. The molecule has 19 heavy (non-hydrogen) atoms. The molecule has 2 aromatic rings. The number of nitrogens with zero attached hydrogens (tertiary/aromatic N) is 3. The Morgan fingerprint density at radius 3 is 2.95 bits per heavy atom. The Bertz CT molecular complexity index is 543. The Morgan fingerprint density at radius 1 is 1.32 bits per heavy atom. The van der Waals surface area contributed by atoms with E-state index in [2.05, 4.69) is 46.8 Å². The molecule has 1 saturated carbocycles. The maximum Gasteiger partial charge on any atom is 0.0783 e. The summed E-state index contributed by atoms with van der Waals surface area (Å²) in [5, 5.41) is 11.8. The highest BCUT2D eigenvalue weighted by molar-refractivity contribution is 5.41. The van der Waals surface area contributed by atoms with Gasteiger partial charge in [-0.15, -0.1) is 5.10 Å². The number of hydrogen-bond acceptors (Lipinski definition) is 3. The van der Waals surface area contributed by atoms with Crippen LogP contribution in [0.1, 0.15) is 37.4 Å². The minimum Gasteiger partial charge on any atom is -0.308 e. The zero-order valence-electron chi connectivity index (χ0n) is 11.3. The Kier molecular flexibility index (Phi) is 3.60. The zero-order chi connectivity index (χ0) is 13.1. The Labute approximate surface area is 113 Å². The van der Waals surface area contributed by atoms with Crippen molar-refractivity contribution in [1.29, 1.82) is 0 Å². The molecule has 0 bridgehead atoms. The quantitative estimate of drug-likeness (QED) is 0.863. The van der Waals surface area contributed by atoms with Crippen molar-refractivity contribution in [2.45, 2.75) is 45.2 Å². The molecule has 1 aliphatic carbocycles. The van der Waals surface area contributed by atoms with Crippen LogP contribution >= 0.6 is 0 Å². The first kappa shape index (κ1) is 12.4. The fourth-order valence-electron chi connectivity index (χ4n) is 2.31. The molecule has 0 radical (unpaired) electrons. The van der Waals surface area contributed by atoms with Gasteiger partial charge in [-0.3, -0.25) is 0 Å². The normalized spacial score (nSPS) is 14.8. The second-order valence-corrected chi connectivity index (χ2v) is 5.17. The molecular weight excluding hydrogens is 236 g/mol. The number of benzene rings is 1. The van der Waals surface area contributed by atoms with E-state index in [-0.39, 0.29) is 0 Å². The van der Waals surface area contributed by atoms with E-state index < -0.39 is 0 Å².